The van der Waals surface area contributed by atoms with Gasteiger partial charge in [-0.15, -0.1) is 0 Å². The molecule has 19 heavy (non-hydrogen) atoms. The van der Waals surface area contributed by atoms with E-state index in [1.165, 1.54) is 0 Å². The second kappa shape index (κ2) is 6.57. The van der Waals surface area contributed by atoms with Crippen LogP contribution in [0.1, 0.15) is 18.9 Å². The van der Waals surface area contributed by atoms with Gasteiger partial charge in [-0.25, -0.2) is 4.79 Å². The molecule has 2 rings (SSSR count). The highest BCUT2D eigenvalue weighted by Gasteiger charge is 2.32. The first-order valence-electron chi connectivity index (χ1n) is 6.79. The Morgan fingerprint density at radius 3 is 2.95 bits per heavy atom. The van der Waals surface area contributed by atoms with Crippen LogP contribution in [0.2, 0.25) is 0 Å². The molecule has 0 radical (unpaired) electrons. The number of nitrogens with one attached hydrogen (secondary N) is 1. The van der Waals surface area contributed by atoms with Gasteiger partial charge in [0.05, 0.1) is 13.2 Å². The number of carbonyl (C=O) groups excluding carboxylic acids is 1. The molecule has 0 aromatic heterocycles. The van der Waals surface area contributed by atoms with Crippen LogP contribution >= 0.6 is 0 Å². The standard InChI is InChI=1S/C15H21NO3/c1-3-19-15(17)14(12-8-9-18-10-12)16-13-7-5-4-6-11(13)2/h4-7,12,14,16H,3,8-10H2,1-2H3. The van der Waals surface area contributed by atoms with Gasteiger partial charge in [-0.1, -0.05) is 18.2 Å². The summed E-state index contributed by atoms with van der Waals surface area (Å²) in [6.45, 7) is 5.58. The number of benzene rings is 1. The van der Waals surface area contributed by atoms with Gasteiger partial charge >= 0.3 is 5.97 Å². The van der Waals surface area contributed by atoms with Crippen molar-refractivity contribution >= 4 is 11.7 Å². The van der Waals surface area contributed by atoms with Crippen LogP contribution in [0.4, 0.5) is 5.69 Å². The normalized spacial score (nSPS) is 20.0. The molecule has 1 fully saturated rings. The van der Waals surface area contributed by atoms with Gasteiger partial charge in [-0.2, -0.15) is 0 Å². The van der Waals surface area contributed by atoms with Crippen molar-refractivity contribution in [2.24, 2.45) is 5.92 Å². The van der Waals surface area contributed by atoms with Gasteiger partial charge in [-0.3, -0.25) is 0 Å². The summed E-state index contributed by atoms with van der Waals surface area (Å²) in [5.41, 5.74) is 2.10. The zero-order valence-electron chi connectivity index (χ0n) is 11.5. The van der Waals surface area contributed by atoms with Crippen molar-refractivity contribution in [3.63, 3.8) is 0 Å². The predicted molar refractivity (Wildman–Crippen MR) is 74.1 cm³/mol. The van der Waals surface area contributed by atoms with Gasteiger partial charge < -0.3 is 14.8 Å². The van der Waals surface area contributed by atoms with Crippen molar-refractivity contribution in [3.05, 3.63) is 29.8 Å². The van der Waals surface area contributed by atoms with E-state index in [1.54, 1.807) is 0 Å². The Balaban J connectivity index is 2.13. The average Bonchev–Trinajstić information content (AvgIpc) is 2.91. The molecule has 2 unspecified atom stereocenters. The first-order valence-corrected chi connectivity index (χ1v) is 6.79. The molecule has 1 aliphatic rings. The fourth-order valence-electron chi connectivity index (χ4n) is 2.32. The van der Waals surface area contributed by atoms with E-state index in [2.05, 4.69) is 5.32 Å². The summed E-state index contributed by atoms with van der Waals surface area (Å²) in [5, 5.41) is 3.32. The molecule has 0 bridgehead atoms. The van der Waals surface area contributed by atoms with Gasteiger partial charge in [0.25, 0.3) is 0 Å². The van der Waals surface area contributed by atoms with Crippen LogP contribution in [0.15, 0.2) is 24.3 Å². The van der Waals surface area contributed by atoms with Crippen molar-refractivity contribution in [2.45, 2.75) is 26.3 Å². The molecule has 1 N–H and O–H groups in total. The van der Waals surface area contributed by atoms with E-state index in [-0.39, 0.29) is 17.9 Å². The molecule has 0 saturated carbocycles. The second-order valence-electron chi connectivity index (χ2n) is 4.81. The number of hydrogen-bond acceptors (Lipinski definition) is 4. The summed E-state index contributed by atoms with van der Waals surface area (Å²) < 4.78 is 10.6. The first-order chi connectivity index (χ1) is 9.22. The number of hydrogen-bond donors (Lipinski definition) is 1. The predicted octanol–water partition coefficient (Wildman–Crippen LogP) is 2.38. The minimum absolute atomic E-state index is 0.179. The van der Waals surface area contributed by atoms with E-state index in [0.29, 0.717) is 13.2 Å². The minimum atomic E-state index is -0.330. The van der Waals surface area contributed by atoms with E-state index >= 15 is 0 Å². The lowest BCUT2D eigenvalue weighted by Crippen LogP contribution is -2.39. The monoisotopic (exact) mass is 263 g/mol. The SMILES string of the molecule is CCOC(=O)C(Nc1ccccc1C)C1CCOC1. The molecule has 104 valence electrons. The number of rotatable bonds is 5. The lowest BCUT2D eigenvalue weighted by atomic mass is 9.98. The first kappa shape index (κ1) is 13.9. The molecule has 0 spiro atoms. The lowest BCUT2D eigenvalue weighted by molar-refractivity contribution is -0.145. The minimum Gasteiger partial charge on any atom is -0.464 e. The Labute approximate surface area is 114 Å². The summed E-state index contributed by atoms with van der Waals surface area (Å²) in [6, 6.07) is 7.62. The Morgan fingerprint density at radius 2 is 2.32 bits per heavy atom. The van der Waals surface area contributed by atoms with Crippen molar-refractivity contribution in [1.29, 1.82) is 0 Å². The molecule has 1 aliphatic heterocycles. The highest BCUT2D eigenvalue weighted by atomic mass is 16.5. The highest BCUT2D eigenvalue weighted by Crippen LogP contribution is 2.23. The van der Waals surface area contributed by atoms with Crippen LogP contribution in [-0.2, 0) is 14.3 Å². The summed E-state index contributed by atoms with van der Waals surface area (Å²) in [7, 11) is 0. The van der Waals surface area contributed by atoms with Crippen molar-refractivity contribution in [1.82, 2.24) is 0 Å². The van der Waals surface area contributed by atoms with Crippen LogP contribution in [0.5, 0.6) is 0 Å². The number of esters is 1. The third-order valence-corrected chi connectivity index (χ3v) is 3.43. The fraction of sp³-hybridized carbons (Fsp3) is 0.533. The number of aryl methyl sites for hydroxylation is 1. The van der Waals surface area contributed by atoms with Crippen molar-refractivity contribution < 1.29 is 14.3 Å². The number of carbonyl (C=O) groups is 1. The molecule has 4 nitrogen and oxygen atoms in total. The van der Waals surface area contributed by atoms with Crippen molar-refractivity contribution in [2.75, 3.05) is 25.1 Å². The molecule has 1 aromatic carbocycles. The van der Waals surface area contributed by atoms with E-state index < -0.39 is 0 Å². The fourth-order valence-corrected chi connectivity index (χ4v) is 2.32. The van der Waals surface area contributed by atoms with E-state index in [9.17, 15) is 4.79 Å². The van der Waals surface area contributed by atoms with Crippen LogP contribution in [-0.4, -0.2) is 31.8 Å². The molecule has 4 heteroatoms. The number of anilines is 1. The molecule has 0 amide bonds. The number of ether oxygens (including phenoxy) is 2. The summed E-state index contributed by atoms with van der Waals surface area (Å²) in [4.78, 5) is 12.1. The Hall–Kier alpha value is -1.55. The zero-order chi connectivity index (χ0) is 13.7. The van der Waals surface area contributed by atoms with Gasteiger partial charge in [0.2, 0.25) is 0 Å². The maximum absolute atomic E-state index is 12.1. The van der Waals surface area contributed by atoms with E-state index in [1.807, 2.05) is 38.1 Å². The summed E-state index contributed by atoms with van der Waals surface area (Å²) in [5.74, 6) is -0.0140. The van der Waals surface area contributed by atoms with Gasteiger partial charge in [0.1, 0.15) is 6.04 Å². The summed E-state index contributed by atoms with van der Waals surface area (Å²) in [6.07, 6.45) is 0.891. The molecular formula is C15H21NO3. The maximum atomic E-state index is 12.1. The third kappa shape index (κ3) is 3.47. The van der Waals surface area contributed by atoms with Crippen LogP contribution < -0.4 is 5.32 Å². The Morgan fingerprint density at radius 1 is 1.53 bits per heavy atom. The highest BCUT2D eigenvalue weighted by molar-refractivity contribution is 5.80. The van der Waals surface area contributed by atoms with Gasteiger partial charge in [0.15, 0.2) is 0 Å². The average molecular weight is 263 g/mol. The van der Waals surface area contributed by atoms with Gasteiger partial charge in [-0.05, 0) is 31.9 Å². The quantitative estimate of drug-likeness (QED) is 0.829. The third-order valence-electron chi connectivity index (χ3n) is 3.43. The van der Waals surface area contributed by atoms with Crippen molar-refractivity contribution in [3.8, 4) is 0 Å². The topological polar surface area (TPSA) is 47.6 Å². The van der Waals surface area contributed by atoms with Gasteiger partial charge in [0, 0.05) is 18.2 Å². The summed E-state index contributed by atoms with van der Waals surface area (Å²) >= 11 is 0. The van der Waals surface area contributed by atoms with Crippen LogP contribution in [0.3, 0.4) is 0 Å². The number of para-hydroxylation sites is 1. The largest absolute Gasteiger partial charge is 0.464 e. The Bertz CT molecular complexity index is 427. The maximum Gasteiger partial charge on any atom is 0.328 e. The molecule has 1 saturated heterocycles. The van der Waals surface area contributed by atoms with E-state index in [0.717, 1.165) is 24.3 Å². The smallest absolute Gasteiger partial charge is 0.328 e. The van der Waals surface area contributed by atoms with Crippen LogP contribution in [0.25, 0.3) is 0 Å². The lowest BCUT2D eigenvalue weighted by Gasteiger charge is -2.23. The van der Waals surface area contributed by atoms with Crippen LogP contribution in [0, 0.1) is 12.8 Å². The Kier molecular flexibility index (Phi) is 4.80. The second-order valence-corrected chi connectivity index (χ2v) is 4.81. The van der Waals surface area contributed by atoms with E-state index in [4.69, 9.17) is 9.47 Å². The zero-order valence-corrected chi connectivity index (χ0v) is 11.5. The molecule has 1 heterocycles. The molecule has 2 atom stereocenters. The molecular weight excluding hydrogens is 242 g/mol. The molecule has 0 aliphatic carbocycles. The molecule has 1 aromatic rings.